The summed E-state index contributed by atoms with van der Waals surface area (Å²) >= 11 is 0. The van der Waals surface area contributed by atoms with Gasteiger partial charge in [-0.3, -0.25) is 9.59 Å². The van der Waals surface area contributed by atoms with Crippen molar-refractivity contribution < 1.29 is 18.7 Å². The highest BCUT2D eigenvalue weighted by Crippen LogP contribution is 2.36. The van der Waals surface area contributed by atoms with Crippen LogP contribution in [0.15, 0.2) is 72.4 Å². The molecule has 0 saturated heterocycles. The molecule has 1 aliphatic heterocycles. The van der Waals surface area contributed by atoms with Crippen LogP contribution in [0.4, 0.5) is 15.8 Å². The van der Waals surface area contributed by atoms with Crippen molar-refractivity contribution in [1.29, 1.82) is 0 Å². The molecular weight excluding hydrogens is 407 g/mol. The second kappa shape index (κ2) is 8.67. The van der Waals surface area contributed by atoms with Gasteiger partial charge in [0.05, 0.1) is 23.6 Å². The van der Waals surface area contributed by atoms with Crippen molar-refractivity contribution in [2.45, 2.75) is 20.8 Å². The minimum atomic E-state index is -0.481. The molecule has 2 amide bonds. The van der Waals surface area contributed by atoms with Gasteiger partial charge >= 0.3 is 0 Å². The number of carbonyl (C=O) groups is 2. The Morgan fingerprint density at radius 1 is 0.906 bits per heavy atom. The molecule has 0 radical (unpaired) electrons. The van der Waals surface area contributed by atoms with Gasteiger partial charge in [0, 0.05) is 0 Å². The average molecular weight is 430 g/mol. The number of anilines is 2. The lowest BCUT2D eigenvalue weighted by Crippen LogP contribution is -2.32. The number of amides is 2. The van der Waals surface area contributed by atoms with Crippen LogP contribution in [0.1, 0.15) is 23.6 Å². The van der Waals surface area contributed by atoms with Crippen LogP contribution in [0.5, 0.6) is 5.75 Å². The molecule has 0 unspecified atom stereocenters. The Bertz CT molecular complexity index is 1210. The van der Waals surface area contributed by atoms with E-state index in [1.54, 1.807) is 24.3 Å². The summed E-state index contributed by atoms with van der Waals surface area (Å²) < 4.78 is 19.2. The zero-order valence-electron chi connectivity index (χ0n) is 18.1. The Morgan fingerprint density at radius 3 is 2.22 bits per heavy atom. The first kappa shape index (κ1) is 21.3. The standard InChI is InChI=1S/C26H23FN2O3/c1-4-32-22-8-6-5-7-21(22)28-24-23(18-9-11-19(27)12-10-18)25(30)29(26(24)31)20-14-16(2)13-17(3)15-20/h5-15,28H,4H2,1-3H3. The third-order valence-corrected chi connectivity index (χ3v) is 5.13. The molecule has 3 aromatic carbocycles. The van der Waals surface area contributed by atoms with E-state index >= 15 is 0 Å². The molecule has 0 aromatic heterocycles. The van der Waals surface area contributed by atoms with Crippen molar-refractivity contribution in [3.05, 3.63) is 94.9 Å². The van der Waals surface area contributed by atoms with Gasteiger partial charge in [-0.1, -0.05) is 30.3 Å². The second-order valence-electron chi connectivity index (χ2n) is 7.60. The van der Waals surface area contributed by atoms with Gasteiger partial charge in [-0.2, -0.15) is 0 Å². The normalized spacial score (nSPS) is 13.7. The maximum atomic E-state index is 13.5. The molecule has 32 heavy (non-hydrogen) atoms. The molecule has 0 saturated carbocycles. The van der Waals surface area contributed by atoms with Crippen LogP contribution < -0.4 is 15.0 Å². The second-order valence-corrected chi connectivity index (χ2v) is 7.60. The van der Waals surface area contributed by atoms with E-state index in [1.165, 1.54) is 24.3 Å². The van der Waals surface area contributed by atoms with E-state index in [0.717, 1.165) is 16.0 Å². The SMILES string of the molecule is CCOc1ccccc1NC1=C(c2ccc(F)cc2)C(=O)N(c2cc(C)cc(C)c2)C1=O. The molecule has 4 rings (SSSR count). The van der Waals surface area contributed by atoms with Crippen LogP contribution in [0.25, 0.3) is 5.57 Å². The number of carbonyl (C=O) groups excluding carboxylic acids is 2. The van der Waals surface area contributed by atoms with E-state index in [-0.39, 0.29) is 11.3 Å². The quantitative estimate of drug-likeness (QED) is 0.544. The highest BCUT2D eigenvalue weighted by atomic mass is 19.1. The number of nitrogens with one attached hydrogen (secondary N) is 1. The van der Waals surface area contributed by atoms with Crippen molar-refractivity contribution in [1.82, 2.24) is 0 Å². The van der Waals surface area contributed by atoms with Gasteiger partial charge in [0.1, 0.15) is 17.3 Å². The molecule has 0 bridgehead atoms. The average Bonchev–Trinajstić information content (AvgIpc) is 2.99. The number of nitrogens with zero attached hydrogens (tertiary/aromatic N) is 1. The lowest BCUT2D eigenvalue weighted by molar-refractivity contribution is -0.120. The summed E-state index contributed by atoms with van der Waals surface area (Å²) in [6.07, 6.45) is 0. The Kier molecular flexibility index (Phi) is 5.77. The molecule has 0 atom stereocenters. The monoisotopic (exact) mass is 430 g/mol. The highest BCUT2D eigenvalue weighted by Gasteiger charge is 2.40. The van der Waals surface area contributed by atoms with Crippen LogP contribution in [-0.2, 0) is 9.59 Å². The van der Waals surface area contributed by atoms with Gasteiger partial charge in [-0.15, -0.1) is 0 Å². The maximum absolute atomic E-state index is 13.5. The van der Waals surface area contributed by atoms with Crippen molar-refractivity contribution in [2.75, 3.05) is 16.8 Å². The smallest absolute Gasteiger partial charge is 0.282 e. The van der Waals surface area contributed by atoms with Crippen LogP contribution in [0.3, 0.4) is 0 Å². The third kappa shape index (κ3) is 3.99. The van der Waals surface area contributed by atoms with Gasteiger partial charge in [0.2, 0.25) is 0 Å². The van der Waals surface area contributed by atoms with Gasteiger partial charge < -0.3 is 10.1 Å². The van der Waals surface area contributed by atoms with E-state index in [4.69, 9.17) is 4.74 Å². The van der Waals surface area contributed by atoms with E-state index in [9.17, 15) is 14.0 Å². The number of para-hydroxylation sites is 2. The Balaban J connectivity index is 1.84. The molecule has 0 spiro atoms. The first-order valence-electron chi connectivity index (χ1n) is 10.3. The molecule has 1 N–H and O–H groups in total. The molecule has 162 valence electrons. The fourth-order valence-electron chi connectivity index (χ4n) is 3.83. The van der Waals surface area contributed by atoms with E-state index < -0.39 is 17.6 Å². The predicted octanol–water partition coefficient (Wildman–Crippen LogP) is 5.24. The van der Waals surface area contributed by atoms with Crippen LogP contribution >= 0.6 is 0 Å². The molecule has 0 fully saturated rings. The lowest BCUT2D eigenvalue weighted by atomic mass is 10.0. The lowest BCUT2D eigenvalue weighted by Gasteiger charge is -2.17. The first-order valence-corrected chi connectivity index (χ1v) is 10.3. The number of hydrogen-bond acceptors (Lipinski definition) is 4. The summed E-state index contributed by atoms with van der Waals surface area (Å²) in [5.74, 6) is -0.812. The summed E-state index contributed by atoms with van der Waals surface area (Å²) in [6, 6.07) is 18.3. The fourth-order valence-corrected chi connectivity index (χ4v) is 3.83. The molecule has 6 heteroatoms. The minimum absolute atomic E-state index is 0.118. The predicted molar refractivity (Wildman–Crippen MR) is 123 cm³/mol. The highest BCUT2D eigenvalue weighted by molar-refractivity contribution is 6.46. The van der Waals surface area contributed by atoms with E-state index in [0.29, 0.717) is 29.3 Å². The van der Waals surface area contributed by atoms with Gasteiger partial charge in [0.25, 0.3) is 11.8 Å². The molecule has 1 aliphatic rings. The van der Waals surface area contributed by atoms with Crippen LogP contribution in [-0.4, -0.2) is 18.4 Å². The van der Waals surface area contributed by atoms with Gasteiger partial charge in [-0.05, 0) is 73.9 Å². The Labute approximate surface area is 186 Å². The summed E-state index contributed by atoms with van der Waals surface area (Å²) in [5, 5.41) is 3.12. The minimum Gasteiger partial charge on any atom is -0.492 e. The maximum Gasteiger partial charge on any atom is 0.282 e. The number of aryl methyl sites for hydroxylation is 2. The Morgan fingerprint density at radius 2 is 1.56 bits per heavy atom. The molecule has 3 aromatic rings. The number of imide groups is 1. The molecule has 1 heterocycles. The zero-order chi connectivity index (χ0) is 22.8. The summed E-state index contributed by atoms with van der Waals surface area (Å²) in [6.45, 7) is 6.14. The van der Waals surface area contributed by atoms with Crippen molar-refractivity contribution in [2.24, 2.45) is 0 Å². The topological polar surface area (TPSA) is 58.6 Å². The largest absolute Gasteiger partial charge is 0.492 e. The number of hydrogen-bond donors (Lipinski definition) is 1. The van der Waals surface area contributed by atoms with Gasteiger partial charge in [-0.25, -0.2) is 9.29 Å². The van der Waals surface area contributed by atoms with Crippen molar-refractivity contribution >= 4 is 28.8 Å². The number of halogens is 1. The zero-order valence-corrected chi connectivity index (χ0v) is 18.1. The number of ether oxygens (including phenoxy) is 1. The van der Waals surface area contributed by atoms with Crippen LogP contribution in [0, 0.1) is 19.7 Å². The van der Waals surface area contributed by atoms with Crippen LogP contribution in [0.2, 0.25) is 0 Å². The van der Waals surface area contributed by atoms with E-state index in [2.05, 4.69) is 5.32 Å². The Hall–Kier alpha value is -3.93. The van der Waals surface area contributed by atoms with Crippen molar-refractivity contribution in [3.63, 3.8) is 0 Å². The number of benzene rings is 3. The summed E-state index contributed by atoms with van der Waals surface area (Å²) in [5.41, 5.74) is 3.68. The first-order chi connectivity index (χ1) is 15.4. The summed E-state index contributed by atoms with van der Waals surface area (Å²) in [7, 11) is 0. The van der Waals surface area contributed by atoms with Crippen molar-refractivity contribution in [3.8, 4) is 5.75 Å². The molecular formula is C26H23FN2O3. The molecule has 0 aliphatic carbocycles. The summed E-state index contributed by atoms with van der Waals surface area (Å²) in [4.78, 5) is 28.2. The fraction of sp³-hybridized carbons (Fsp3) is 0.154. The van der Waals surface area contributed by atoms with Gasteiger partial charge in [0.15, 0.2) is 0 Å². The molecule has 5 nitrogen and oxygen atoms in total. The third-order valence-electron chi connectivity index (χ3n) is 5.13. The van der Waals surface area contributed by atoms with E-state index in [1.807, 2.05) is 39.0 Å². The number of rotatable bonds is 6.